The van der Waals surface area contributed by atoms with Gasteiger partial charge >= 0.3 is 6.18 Å². The molecule has 1 saturated carbocycles. The van der Waals surface area contributed by atoms with Gasteiger partial charge in [-0.25, -0.2) is 0 Å². The van der Waals surface area contributed by atoms with Gasteiger partial charge < -0.3 is 11.5 Å². The third-order valence-electron chi connectivity index (χ3n) is 3.08. The number of halogens is 3. The third kappa shape index (κ3) is 1.66. The van der Waals surface area contributed by atoms with Gasteiger partial charge in [-0.1, -0.05) is 6.07 Å². The number of amides is 1. The van der Waals surface area contributed by atoms with Gasteiger partial charge in [0.25, 0.3) is 0 Å². The van der Waals surface area contributed by atoms with Crippen LogP contribution in [0.5, 0.6) is 0 Å². The molecule has 0 bridgehead atoms. The maximum absolute atomic E-state index is 12.7. The number of primary amides is 1. The zero-order chi connectivity index (χ0) is 12.8. The molecule has 1 amide bonds. The minimum absolute atomic E-state index is 0.274. The molecule has 1 aliphatic rings. The molecule has 17 heavy (non-hydrogen) atoms. The van der Waals surface area contributed by atoms with Crippen LogP contribution in [-0.2, 0) is 4.79 Å². The maximum atomic E-state index is 12.7. The monoisotopic (exact) mass is 245 g/mol. The lowest BCUT2D eigenvalue weighted by Crippen LogP contribution is -2.44. The molecule has 2 rings (SSSR count). The van der Waals surface area contributed by atoms with Crippen molar-refractivity contribution < 1.29 is 18.0 Å². The van der Waals surface area contributed by atoms with Crippen LogP contribution in [0.4, 0.5) is 13.2 Å². The Labute approximate surface area is 94.8 Å². The molecule has 92 valence electrons. The third-order valence-corrected chi connectivity index (χ3v) is 3.08. The van der Waals surface area contributed by atoms with E-state index in [1.807, 2.05) is 0 Å². The van der Waals surface area contributed by atoms with Crippen LogP contribution in [0.3, 0.4) is 0 Å². The number of aromatic nitrogens is 1. The first kappa shape index (κ1) is 11.8. The highest BCUT2D eigenvalue weighted by Gasteiger charge is 2.77. The lowest BCUT2D eigenvalue weighted by atomic mass is 10.1. The molecule has 0 unspecified atom stereocenters. The summed E-state index contributed by atoms with van der Waals surface area (Å²) in [5.74, 6) is -4.22. The number of hydrogen-bond acceptors (Lipinski definition) is 3. The van der Waals surface area contributed by atoms with E-state index in [0.717, 1.165) is 0 Å². The Hall–Kier alpha value is -1.63. The molecule has 1 aromatic rings. The van der Waals surface area contributed by atoms with E-state index < -0.39 is 29.5 Å². The number of carbonyl (C=O) groups is 1. The van der Waals surface area contributed by atoms with E-state index in [4.69, 9.17) is 11.5 Å². The smallest absolute Gasteiger partial charge is 0.368 e. The highest BCUT2D eigenvalue weighted by Crippen LogP contribution is 2.62. The van der Waals surface area contributed by atoms with E-state index >= 15 is 0 Å². The van der Waals surface area contributed by atoms with Crippen molar-refractivity contribution in [3.8, 4) is 0 Å². The van der Waals surface area contributed by atoms with Gasteiger partial charge in [0, 0.05) is 18.3 Å². The molecule has 0 aliphatic heterocycles. The molecule has 1 heterocycles. The molecule has 1 aromatic heterocycles. The van der Waals surface area contributed by atoms with E-state index in [1.165, 1.54) is 24.5 Å². The molecular weight excluding hydrogens is 235 g/mol. The summed E-state index contributed by atoms with van der Waals surface area (Å²) < 4.78 is 38.2. The molecule has 4 N–H and O–H groups in total. The summed E-state index contributed by atoms with van der Waals surface area (Å²) in [7, 11) is 0. The number of alkyl halides is 3. The van der Waals surface area contributed by atoms with Crippen molar-refractivity contribution >= 4 is 5.91 Å². The van der Waals surface area contributed by atoms with E-state index in [0.29, 0.717) is 0 Å². The second-order valence-electron chi connectivity index (χ2n) is 4.08. The van der Waals surface area contributed by atoms with Crippen molar-refractivity contribution in [2.24, 2.45) is 17.4 Å². The summed E-state index contributed by atoms with van der Waals surface area (Å²) in [5.41, 5.74) is 8.66. The number of nitrogens with zero attached hydrogens (tertiary/aromatic N) is 1. The van der Waals surface area contributed by atoms with Crippen molar-refractivity contribution in [3.05, 3.63) is 30.1 Å². The standard InChI is InChI=1S/C10H10F3N3O/c11-10(12,13)7-6(9(7,15)8(14)17)5-2-1-3-16-4-5/h1-4,6-7H,15H2,(H2,14,17)/t6-,7-,9-/m1/s1. The zero-order valence-electron chi connectivity index (χ0n) is 8.61. The molecule has 4 nitrogen and oxygen atoms in total. The normalized spacial score (nSPS) is 32.2. The van der Waals surface area contributed by atoms with Crippen LogP contribution < -0.4 is 11.5 Å². The number of pyridine rings is 1. The molecule has 0 saturated heterocycles. The van der Waals surface area contributed by atoms with E-state index in [2.05, 4.69) is 4.98 Å². The first-order chi connectivity index (χ1) is 7.79. The lowest BCUT2D eigenvalue weighted by molar-refractivity contribution is -0.156. The van der Waals surface area contributed by atoms with Crippen LogP contribution in [0, 0.1) is 5.92 Å². The Kier molecular flexibility index (Phi) is 2.39. The predicted molar refractivity (Wildman–Crippen MR) is 52.6 cm³/mol. The van der Waals surface area contributed by atoms with E-state index in [-0.39, 0.29) is 5.56 Å². The SMILES string of the molecule is NC(=O)[C@@]1(N)[C@H](c2cccnc2)[C@H]1C(F)(F)F. The van der Waals surface area contributed by atoms with Crippen LogP contribution in [0.15, 0.2) is 24.5 Å². The Morgan fingerprint density at radius 2 is 2.12 bits per heavy atom. The molecule has 0 aromatic carbocycles. The van der Waals surface area contributed by atoms with Crippen LogP contribution >= 0.6 is 0 Å². The minimum Gasteiger partial charge on any atom is -0.368 e. The van der Waals surface area contributed by atoms with Gasteiger partial charge in [-0.3, -0.25) is 9.78 Å². The van der Waals surface area contributed by atoms with Gasteiger partial charge in [-0.15, -0.1) is 0 Å². The van der Waals surface area contributed by atoms with E-state index in [9.17, 15) is 18.0 Å². The number of carbonyl (C=O) groups excluding carboxylic acids is 1. The number of nitrogens with two attached hydrogens (primary N) is 2. The quantitative estimate of drug-likeness (QED) is 0.797. The van der Waals surface area contributed by atoms with Gasteiger partial charge in [0.15, 0.2) is 0 Å². The number of hydrogen-bond donors (Lipinski definition) is 2. The lowest BCUT2D eigenvalue weighted by Gasteiger charge is -2.08. The van der Waals surface area contributed by atoms with Gasteiger partial charge in [-0.2, -0.15) is 13.2 Å². The fourth-order valence-corrected chi connectivity index (χ4v) is 2.20. The predicted octanol–water partition coefficient (Wildman–Crippen LogP) is 0.540. The van der Waals surface area contributed by atoms with Gasteiger partial charge in [0.1, 0.15) is 5.54 Å². The Balaban J connectivity index is 2.39. The van der Waals surface area contributed by atoms with Crippen LogP contribution in [0.2, 0.25) is 0 Å². The van der Waals surface area contributed by atoms with Crippen molar-refractivity contribution in [3.63, 3.8) is 0 Å². The Morgan fingerprint density at radius 1 is 1.47 bits per heavy atom. The average Bonchev–Trinajstić information content (AvgIpc) is 2.88. The maximum Gasteiger partial charge on any atom is 0.394 e. The molecule has 1 fully saturated rings. The second-order valence-corrected chi connectivity index (χ2v) is 4.08. The van der Waals surface area contributed by atoms with Crippen LogP contribution in [0.25, 0.3) is 0 Å². The summed E-state index contributed by atoms with van der Waals surface area (Å²) in [6.45, 7) is 0. The molecule has 0 radical (unpaired) electrons. The van der Waals surface area contributed by atoms with Crippen LogP contribution in [0.1, 0.15) is 11.5 Å². The molecule has 0 spiro atoms. The van der Waals surface area contributed by atoms with E-state index in [1.54, 1.807) is 0 Å². The van der Waals surface area contributed by atoms with Crippen molar-refractivity contribution in [2.45, 2.75) is 17.6 Å². The van der Waals surface area contributed by atoms with Crippen molar-refractivity contribution in [1.29, 1.82) is 0 Å². The van der Waals surface area contributed by atoms with Gasteiger partial charge in [0.05, 0.1) is 5.92 Å². The second kappa shape index (κ2) is 3.43. The molecule has 7 heteroatoms. The fourth-order valence-electron chi connectivity index (χ4n) is 2.20. The largest absolute Gasteiger partial charge is 0.394 e. The van der Waals surface area contributed by atoms with Gasteiger partial charge in [0.2, 0.25) is 5.91 Å². The first-order valence-corrected chi connectivity index (χ1v) is 4.85. The first-order valence-electron chi connectivity index (χ1n) is 4.85. The fraction of sp³-hybridized carbons (Fsp3) is 0.400. The Morgan fingerprint density at radius 3 is 2.47 bits per heavy atom. The highest BCUT2D eigenvalue weighted by atomic mass is 19.4. The summed E-state index contributed by atoms with van der Waals surface area (Å²) in [6.07, 6.45) is -1.86. The highest BCUT2D eigenvalue weighted by molar-refractivity contribution is 5.91. The average molecular weight is 245 g/mol. The summed E-state index contributed by atoms with van der Waals surface area (Å²) in [4.78, 5) is 14.8. The summed E-state index contributed by atoms with van der Waals surface area (Å²) >= 11 is 0. The van der Waals surface area contributed by atoms with Gasteiger partial charge in [-0.05, 0) is 11.6 Å². The molecule has 3 atom stereocenters. The summed E-state index contributed by atoms with van der Waals surface area (Å²) in [5, 5.41) is 0. The minimum atomic E-state index is -4.55. The molecular formula is C10H10F3N3O. The summed E-state index contributed by atoms with van der Waals surface area (Å²) in [6, 6.07) is 2.94. The number of rotatable bonds is 2. The topological polar surface area (TPSA) is 82.0 Å². The van der Waals surface area contributed by atoms with Crippen molar-refractivity contribution in [1.82, 2.24) is 4.98 Å². The molecule has 1 aliphatic carbocycles. The Bertz CT molecular complexity index is 448. The zero-order valence-corrected chi connectivity index (χ0v) is 8.61. The van der Waals surface area contributed by atoms with Crippen LogP contribution in [-0.4, -0.2) is 22.6 Å². The van der Waals surface area contributed by atoms with Crippen molar-refractivity contribution in [2.75, 3.05) is 0 Å².